The molecule has 2 N–H and O–H groups in total. The molecule has 1 unspecified atom stereocenters. The fourth-order valence-corrected chi connectivity index (χ4v) is 3.03. The summed E-state index contributed by atoms with van der Waals surface area (Å²) in [5.74, 6) is 1.02. The number of benzene rings is 1. The highest BCUT2D eigenvalue weighted by Gasteiger charge is 2.34. The van der Waals surface area contributed by atoms with Crippen molar-refractivity contribution in [1.29, 1.82) is 0 Å². The van der Waals surface area contributed by atoms with Gasteiger partial charge in [-0.3, -0.25) is 4.90 Å². The number of ether oxygens (including phenoxy) is 1. The lowest BCUT2D eigenvalue weighted by atomic mass is 10.0. The van der Waals surface area contributed by atoms with Crippen molar-refractivity contribution in [3.63, 3.8) is 0 Å². The number of hydrogen-bond acceptors (Lipinski definition) is 2. The molecule has 0 aliphatic carbocycles. The molecule has 2 aliphatic heterocycles. The van der Waals surface area contributed by atoms with Gasteiger partial charge in [0.25, 0.3) is 0 Å². The topological polar surface area (TPSA) is 25.7 Å². The van der Waals surface area contributed by atoms with Gasteiger partial charge in [0.2, 0.25) is 0 Å². The van der Waals surface area contributed by atoms with Crippen LogP contribution in [0.3, 0.4) is 0 Å². The van der Waals surface area contributed by atoms with E-state index in [2.05, 4.69) is 30.6 Å². The average molecular weight is 267 g/mol. The average Bonchev–Trinajstić information content (AvgIpc) is 2.57. The highest BCUT2D eigenvalue weighted by Crippen LogP contribution is 2.39. The van der Waals surface area contributed by atoms with Crippen LogP contribution in [0.4, 0.5) is 5.69 Å². The largest absolute Gasteiger partial charge is 1.00 e. The SMILES string of the molecule is COc1cccc2c1C1=C(CCNCC1)[NH+]2C.[Cl-]. The molecule has 98 valence electrons. The Hall–Kier alpha value is -1.03. The maximum Gasteiger partial charge on any atom is 0.147 e. The summed E-state index contributed by atoms with van der Waals surface area (Å²) in [6, 6.07) is 6.38. The van der Waals surface area contributed by atoms with E-state index in [1.54, 1.807) is 7.11 Å². The molecular formula is C14H19ClN2O. The number of methoxy groups -OCH3 is 1. The molecule has 3 nitrogen and oxygen atoms in total. The molecule has 0 bridgehead atoms. The molecule has 0 radical (unpaired) electrons. The Morgan fingerprint density at radius 1 is 1.22 bits per heavy atom. The normalized spacial score (nSPS) is 21.8. The summed E-state index contributed by atoms with van der Waals surface area (Å²) >= 11 is 0. The molecule has 0 saturated carbocycles. The molecule has 0 amide bonds. The van der Waals surface area contributed by atoms with Gasteiger partial charge in [0.1, 0.15) is 17.1 Å². The van der Waals surface area contributed by atoms with E-state index in [1.165, 1.54) is 27.4 Å². The molecule has 4 heteroatoms. The van der Waals surface area contributed by atoms with E-state index >= 15 is 0 Å². The van der Waals surface area contributed by atoms with E-state index in [1.807, 2.05) is 0 Å². The van der Waals surface area contributed by atoms with Gasteiger partial charge in [-0.2, -0.15) is 0 Å². The molecule has 0 spiro atoms. The Morgan fingerprint density at radius 3 is 2.78 bits per heavy atom. The van der Waals surface area contributed by atoms with Crippen LogP contribution in [-0.4, -0.2) is 27.2 Å². The molecule has 1 aromatic carbocycles. The summed E-state index contributed by atoms with van der Waals surface area (Å²) in [4.78, 5) is 1.44. The number of halogens is 1. The summed E-state index contributed by atoms with van der Waals surface area (Å²) in [5.41, 5.74) is 5.75. The third-order valence-corrected chi connectivity index (χ3v) is 3.87. The number of rotatable bonds is 1. The van der Waals surface area contributed by atoms with E-state index in [-0.39, 0.29) is 12.4 Å². The minimum atomic E-state index is 0. The second-order valence-electron chi connectivity index (χ2n) is 4.71. The van der Waals surface area contributed by atoms with Crippen molar-refractivity contribution in [2.45, 2.75) is 12.8 Å². The van der Waals surface area contributed by atoms with Gasteiger partial charge in [0.05, 0.1) is 19.7 Å². The second kappa shape index (κ2) is 5.31. The molecule has 3 rings (SSSR count). The molecule has 2 heterocycles. The van der Waals surface area contributed by atoms with Crippen LogP contribution in [0.15, 0.2) is 23.9 Å². The van der Waals surface area contributed by atoms with Gasteiger partial charge in [-0.1, -0.05) is 6.07 Å². The van der Waals surface area contributed by atoms with E-state index in [0.717, 1.165) is 31.7 Å². The Kier molecular flexibility index (Phi) is 3.95. The summed E-state index contributed by atoms with van der Waals surface area (Å²) in [6.07, 6.45) is 2.25. The van der Waals surface area contributed by atoms with Gasteiger partial charge < -0.3 is 22.5 Å². The number of hydrogen-bond donors (Lipinski definition) is 2. The van der Waals surface area contributed by atoms with Gasteiger partial charge >= 0.3 is 0 Å². The minimum Gasteiger partial charge on any atom is -1.00 e. The third-order valence-electron chi connectivity index (χ3n) is 3.87. The zero-order valence-electron chi connectivity index (χ0n) is 10.8. The Bertz CT molecular complexity index is 485. The molecule has 0 aromatic heterocycles. The highest BCUT2D eigenvalue weighted by atomic mass is 35.5. The van der Waals surface area contributed by atoms with Gasteiger partial charge in [0.15, 0.2) is 0 Å². The molecule has 0 saturated heterocycles. The highest BCUT2D eigenvalue weighted by molar-refractivity contribution is 5.82. The van der Waals surface area contributed by atoms with Crippen LogP contribution in [0.1, 0.15) is 18.4 Å². The van der Waals surface area contributed by atoms with Crippen molar-refractivity contribution in [2.24, 2.45) is 0 Å². The van der Waals surface area contributed by atoms with Crippen molar-refractivity contribution >= 4 is 11.3 Å². The number of fused-ring (bicyclic) bond motifs is 2. The van der Waals surface area contributed by atoms with Gasteiger partial charge in [-0.15, -0.1) is 0 Å². The summed E-state index contributed by atoms with van der Waals surface area (Å²) in [6.45, 7) is 2.16. The van der Waals surface area contributed by atoms with Gasteiger partial charge in [-0.25, -0.2) is 0 Å². The maximum atomic E-state index is 5.53. The zero-order chi connectivity index (χ0) is 11.8. The monoisotopic (exact) mass is 266 g/mol. The van der Waals surface area contributed by atoms with Crippen molar-refractivity contribution in [2.75, 3.05) is 27.2 Å². The van der Waals surface area contributed by atoms with E-state index in [4.69, 9.17) is 4.74 Å². The van der Waals surface area contributed by atoms with Crippen molar-refractivity contribution < 1.29 is 22.0 Å². The Morgan fingerprint density at radius 2 is 2.00 bits per heavy atom. The van der Waals surface area contributed by atoms with E-state index in [9.17, 15) is 0 Å². The van der Waals surface area contributed by atoms with Crippen LogP contribution in [0, 0.1) is 0 Å². The van der Waals surface area contributed by atoms with Crippen molar-refractivity contribution in [3.05, 3.63) is 29.5 Å². The van der Waals surface area contributed by atoms with Crippen LogP contribution < -0.4 is 27.4 Å². The van der Waals surface area contributed by atoms with E-state index in [0.29, 0.717) is 0 Å². The van der Waals surface area contributed by atoms with Crippen molar-refractivity contribution in [1.82, 2.24) is 5.32 Å². The molecule has 1 atom stereocenters. The minimum absolute atomic E-state index is 0. The lowest BCUT2D eigenvalue weighted by Crippen LogP contribution is -3.01. The zero-order valence-corrected chi connectivity index (χ0v) is 11.6. The standard InChI is InChI=1S/C14H18N2O.ClH/c1-16-11-7-9-15-8-6-10(11)14-12(16)4-3-5-13(14)17-2;/h3-5,15H,6-9H2,1-2H3;1H. The maximum absolute atomic E-state index is 5.53. The van der Waals surface area contributed by atoms with Crippen LogP contribution >= 0.6 is 0 Å². The number of quaternary nitrogens is 1. The molecule has 0 fully saturated rings. The quantitative estimate of drug-likeness (QED) is 0.612. The van der Waals surface area contributed by atoms with Crippen LogP contribution in [-0.2, 0) is 0 Å². The first-order chi connectivity index (χ1) is 8.33. The molecule has 18 heavy (non-hydrogen) atoms. The third kappa shape index (κ3) is 1.92. The molecule has 1 aromatic rings. The fourth-order valence-electron chi connectivity index (χ4n) is 3.03. The predicted octanol–water partition coefficient (Wildman–Crippen LogP) is -2.05. The Labute approximate surface area is 114 Å². The predicted molar refractivity (Wildman–Crippen MR) is 68.6 cm³/mol. The van der Waals surface area contributed by atoms with E-state index < -0.39 is 0 Å². The number of nitrogens with one attached hydrogen (secondary N) is 2. The molecular weight excluding hydrogens is 248 g/mol. The lowest BCUT2D eigenvalue weighted by Gasteiger charge is -2.12. The first kappa shape index (κ1) is 13.4. The summed E-state index contributed by atoms with van der Waals surface area (Å²) in [7, 11) is 4.00. The Balaban J connectivity index is 0.00000120. The van der Waals surface area contributed by atoms with Gasteiger partial charge in [0, 0.05) is 24.6 Å². The van der Waals surface area contributed by atoms with Crippen LogP contribution in [0.5, 0.6) is 5.75 Å². The van der Waals surface area contributed by atoms with Crippen molar-refractivity contribution in [3.8, 4) is 5.75 Å². The van der Waals surface area contributed by atoms with Gasteiger partial charge in [-0.05, 0) is 19.0 Å². The van der Waals surface area contributed by atoms with Crippen LogP contribution in [0.2, 0.25) is 0 Å². The smallest absolute Gasteiger partial charge is 0.147 e. The summed E-state index contributed by atoms with van der Waals surface area (Å²) in [5, 5.41) is 3.47. The second-order valence-corrected chi connectivity index (χ2v) is 4.71. The van der Waals surface area contributed by atoms with Crippen LogP contribution in [0.25, 0.3) is 5.57 Å². The molecule has 2 aliphatic rings. The first-order valence-corrected chi connectivity index (χ1v) is 6.27. The fraction of sp³-hybridized carbons (Fsp3) is 0.429. The lowest BCUT2D eigenvalue weighted by molar-refractivity contribution is -0.764. The summed E-state index contributed by atoms with van der Waals surface area (Å²) < 4.78 is 5.53. The first-order valence-electron chi connectivity index (χ1n) is 6.27.